The van der Waals surface area contributed by atoms with E-state index in [1.54, 1.807) is 0 Å². The van der Waals surface area contributed by atoms with Crippen LogP contribution in [0.15, 0.2) is 30.8 Å². The minimum atomic E-state index is 0.793. The zero-order valence-corrected chi connectivity index (χ0v) is 10.6. The van der Waals surface area contributed by atoms with Crippen LogP contribution < -0.4 is 10.1 Å². The maximum Gasteiger partial charge on any atom is 0.126 e. The highest BCUT2D eigenvalue weighted by molar-refractivity contribution is 5.55. The second kappa shape index (κ2) is 10.2. The normalized spacial score (nSPS) is 8.94. The molecule has 0 aliphatic heterocycles. The molecule has 0 saturated carbocycles. The molecule has 1 rings (SSSR count). The van der Waals surface area contributed by atoms with Gasteiger partial charge in [-0.3, -0.25) is 0 Å². The summed E-state index contributed by atoms with van der Waals surface area (Å²) in [6.45, 7) is 6.69. The molecule has 0 atom stereocenters. The van der Waals surface area contributed by atoms with Gasteiger partial charge >= 0.3 is 0 Å². The third kappa shape index (κ3) is 6.25. The van der Waals surface area contributed by atoms with Gasteiger partial charge < -0.3 is 10.1 Å². The Balaban J connectivity index is 0.000000673. The van der Waals surface area contributed by atoms with E-state index in [1.165, 1.54) is 0 Å². The van der Waals surface area contributed by atoms with Crippen molar-refractivity contribution in [2.45, 2.75) is 19.8 Å². The second-order valence-corrected chi connectivity index (χ2v) is 3.44. The van der Waals surface area contributed by atoms with Gasteiger partial charge in [0.05, 0.1) is 6.61 Å². The fraction of sp³-hybridized carbons (Fsp3) is 0.429. The Morgan fingerprint density at radius 2 is 1.94 bits per heavy atom. The molecule has 0 bridgehead atoms. The van der Waals surface area contributed by atoms with Crippen molar-refractivity contribution in [2.75, 3.05) is 20.7 Å². The Bertz CT molecular complexity index is 284. The molecule has 0 radical (unpaired) electrons. The van der Waals surface area contributed by atoms with Crippen LogP contribution in [-0.4, -0.2) is 20.7 Å². The van der Waals surface area contributed by atoms with Crippen LogP contribution in [0.1, 0.15) is 25.3 Å². The van der Waals surface area contributed by atoms with E-state index in [1.807, 2.05) is 44.4 Å². The molecule has 0 unspecified atom stereocenters. The van der Waals surface area contributed by atoms with Crippen molar-refractivity contribution in [2.24, 2.45) is 0 Å². The molecule has 1 aromatic rings. The van der Waals surface area contributed by atoms with Gasteiger partial charge in [0.1, 0.15) is 5.75 Å². The average molecular weight is 221 g/mol. The Hall–Kier alpha value is -1.28. The fourth-order valence-corrected chi connectivity index (χ4v) is 1.11. The number of hydrogen-bond donors (Lipinski definition) is 1. The van der Waals surface area contributed by atoms with Gasteiger partial charge in [0.15, 0.2) is 0 Å². The number of unbranched alkanes of at least 4 members (excludes halogenated alkanes) is 1. The summed E-state index contributed by atoms with van der Waals surface area (Å²) in [6.07, 6.45) is 4.09. The summed E-state index contributed by atoms with van der Waals surface area (Å²) in [5.41, 5.74) is 1.07. The Morgan fingerprint density at radius 1 is 1.31 bits per heavy atom. The van der Waals surface area contributed by atoms with E-state index in [9.17, 15) is 0 Å². The minimum Gasteiger partial charge on any atom is -0.493 e. The standard InChI is InChI=1S/C12H16O.C2H7N/c1-3-5-10-13-12-9-7-6-8-11(12)4-2;1-3-2/h4,6-9H,2-3,5,10H2,1H3;3H,1-2H3. The average Bonchev–Trinajstić information content (AvgIpc) is 2.31. The predicted octanol–water partition coefficient (Wildman–Crippen LogP) is 3.34. The Kier molecular flexibility index (Phi) is 9.43. The van der Waals surface area contributed by atoms with Gasteiger partial charge in [-0.1, -0.05) is 44.2 Å². The topological polar surface area (TPSA) is 21.3 Å². The lowest BCUT2D eigenvalue weighted by Gasteiger charge is -2.07. The van der Waals surface area contributed by atoms with Gasteiger partial charge in [-0.15, -0.1) is 0 Å². The molecule has 90 valence electrons. The molecule has 1 N–H and O–H groups in total. The number of benzene rings is 1. The Morgan fingerprint density at radius 3 is 2.50 bits per heavy atom. The van der Waals surface area contributed by atoms with Crippen LogP contribution >= 0.6 is 0 Å². The van der Waals surface area contributed by atoms with Crippen molar-refractivity contribution in [3.8, 4) is 5.75 Å². The van der Waals surface area contributed by atoms with E-state index in [-0.39, 0.29) is 0 Å². The van der Waals surface area contributed by atoms with E-state index in [4.69, 9.17) is 4.74 Å². The number of ether oxygens (including phenoxy) is 1. The van der Waals surface area contributed by atoms with Gasteiger partial charge in [0.25, 0.3) is 0 Å². The SMILES string of the molecule is C=Cc1ccccc1OCCCC.CNC. The van der Waals surface area contributed by atoms with E-state index in [0.717, 1.165) is 30.8 Å². The largest absolute Gasteiger partial charge is 0.493 e. The molecule has 16 heavy (non-hydrogen) atoms. The van der Waals surface area contributed by atoms with Gasteiger partial charge in [-0.2, -0.15) is 0 Å². The quantitative estimate of drug-likeness (QED) is 0.770. The lowest BCUT2D eigenvalue weighted by molar-refractivity contribution is 0.309. The van der Waals surface area contributed by atoms with Crippen molar-refractivity contribution in [3.63, 3.8) is 0 Å². The highest BCUT2D eigenvalue weighted by Crippen LogP contribution is 2.18. The lowest BCUT2D eigenvalue weighted by atomic mass is 10.2. The van der Waals surface area contributed by atoms with Crippen molar-refractivity contribution in [3.05, 3.63) is 36.4 Å². The third-order valence-corrected chi connectivity index (χ3v) is 1.89. The molecule has 0 aromatic heterocycles. The fourth-order valence-electron chi connectivity index (χ4n) is 1.11. The first-order valence-electron chi connectivity index (χ1n) is 5.72. The maximum absolute atomic E-state index is 5.60. The van der Waals surface area contributed by atoms with E-state index in [2.05, 4.69) is 18.8 Å². The second-order valence-electron chi connectivity index (χ2n) is 3.44. The summed E-state index contributed by atoms with van der Waals surface area (Å²) >= 11 is 0. The first-order chi connectivity index (χ1) is 7.79. The van der Waals surface area contributed by atoms with Gasteiger partial charge in [0.2, 0.25) is 0 Å². The zero-order valence-electron chi connectivity index (χ0n) is 10.6. The summed E-state index contributed by atoms with van der Waals surface area (Å²) in [4.78, 5) is 0. The summed E-state index contributed by atoms with van der Waals surface area (Å²) in [5.74, 6) is 0.936. The minimum absolute atomic E-state index is 0.793. The molecule has 0 aliphatic rings. The molecule has 0 aliphatic carbocycles. The van der Waals surface area contributed by atoms with Crippen LogP contribution in [0.2, 0.25) is 0 Å². The third-order valence-electron chi connectivity index (χ3n) is 1.89. The van der Waals surface area contributed by atoms with Crippen LogP contribution in [0.4, 0.5) is 0 Å². The highest BCUT2D eigenvalue weighted by atomic mass is 16.5. The number of rotatable bonds is 5. The van der Waals surface area contributed by atoms with Crippen LogP contribution in [0, 0.1) is 0 Å². The molecule has 0 saturated heterocycles. The van der Waals surface area contributed by atoms with E-state index >= 15 is 0 Å². The first kappa shape index (κ1) is 14.7. The molecule has 0 amide bonds. The van der Waals surface area contributed by atoms with Crippen LogP contribution in [0.25, 0.3) is 6.08 Å². The number of nitrogens with one attached hydrogen (secondary N) is 1. The van der Waals surface area contributed by atoms with Gasteiger partial charge in [-0.25, -0.2) is 0 Å². The monoisotopic (exact) mass is 221 g/mol. The predicted molar refractivity (Wildman–Crippen MR) is 71.9 cm³/mol. The van der Waals surface area contributed by atoms with Crippen molar-refractivity contribution in [1.82, 2.24) is 5.32 Å². The summed E-state index contributed by atoms with van der Waals surface area (Å²) in [6, 6.07) is 7.96. The molecule has 2 heteroatoms. The summed E-state index contributed by atoms with van der Waals surface area (Å²) in [5, 5.41) is 2.75. The van der Waals surface area contributed by atoms with Crippen LogP contribution in [0.5, 0.6) is 5.75 Å². The van der Waals surface area contributed by atoms with Gasteiger partial charge in [-0.05, 0) is 26.6 Å². The first-order valence-corrected chi connectivity index (χ1v) is 5.72. The lowest BCUT2D eigenvalue weighted by Crippen LogP contribution is -1.97. The molecule has 1 aromatic carbocycles. The maximum atomic E-state index is 5.60. The van der Waals surface area contributed by atoms with Gasteiger partial charge in [0, 0.05) is 5.56 Å². The van der Waals surface area contributed by atoms with Crippen molar-refractivity contribution in [1.29, 1.82) is 0 Å². The number of hydrogen-bond acceptors (Lipinski definition) is 2. The smallest absolute Gasteiger partial charge is 0.126 e. The van der Waals surface area contributed by atoms with Crippen molar-refractivity contribution >= 4 is 6.08 Å². The van der Waals surface area contributed by atoms with Crippen LogP contribution in [0.3, 0.4) is 0 Å². The molecule has 2 nitrogen and oxygen atoms in total. The van der Waals surface area contributed by atoms with E-state index < -0.39 is 0 Å². The highest BCUT2D eigenvalue weighted by Gasteiger charge is 1.97. The molecule has 0 spiro atoms. The van der Waals surface area contributed by atoms with E-state index in [0.29, 0.717) is 0 Å². The summed E-state index contributed by atoms with van der Waals surface area (Å²) in [7, 11) is 3.75. The van der Waals surface area contributed by atoms with Crippen molar-refractivity contribution < 1.29 is 4.74 Å². The Labute approximate surface area is 99.3 Å². The molecular formula is C14H23NO. The van der Waals surface area contributed by atoms with Crippen LogP contribution in [-0.2, 0) is 0 Å². The molecule has 0 heterocycles. The number of para-hydroxylation sites is 1. The summed E-state index contributed by atoms with van der Waals surface area (Å²) < 4.78 is 5.60. The molecular weight excluding hydrogens is 198 g/mol. The molecule has 0 fully saturated rings. The zero-order chi connectivity index (χ0) is 12.2.